The van der Waals surface area contributed by atoms with E-state index in [-0.39, 0.29) is 51.6 Å². The number of carboxylic acid groups (broad SMARTS) is 1. The molecule has 0 spiro atoms. The summed E-state index contributed by atoms with van der Waals surface area (Å²) in [6.45, 7) is 5.39. The van der Waals surface area contributed by atoms with Crippen LogP contribution in [0.5, 0.6) is 0 Å². The number of primary amides is 1. The van der Waals surface area contributed by atoms with Crippen molar-refractivity contribution in [1.29, 1.82) is 0 Å². The number of aliphatic carboxylic acids is 1. The molecule has 0 saturated heterocycles. The van der Waals surface area contributed by atoms with Crippen LogP contribution in [0.25, 0.3) is 0 Å². The Bertz CT molecular complexity index is 1990. The summed E-state index contributed by atoms with van der Waals surface area (Å²) >= 11 is 0. The molecule has 34 heteroatoms. The zero-order chi connectivity index (χ0) is 61.2. The lowest BCUT2D eigenvalue weighted by molar-refractivity contribution is -0.398. The number of carbonyl (C=O) groups excluding carboxylic acids is 10. The minimum Gasteiger partial charge on any atom is -0.480 e. The monoisotopic (exact) mass is 1150 g/mol. The van der Waals surface area contributed by atoms with Crippen molar-refractivity contribution in [3.05, 3.63) is 0 Å². The number of unbranched alkanes of at least 4 members (excludes halogenated alkanes) is 2. The Hall–Kier alpha value is -6.31. The molecule has 460 valence electrons. The van der Waals surface area contributed by atoms with E-state index in [9.17, 15) is 73.2 Å². The molecule has 0 aliphatic rings. The van der Waals surface area contributed by atoms with E-state index in [4.69, 9.17) is 28.7 Å². The van der Waals surface area contributed by atoms with Gasteiger partial charge in [-0.1, -0.05) is 0 Å². The maximum atomic E-state index is 14.1. The predicted molar refractivity (Wildman–Crippen MR) is 284 cm³/mol. The quantitative estimate of drug-likeness (QED) is 0.0199. The molecule has 34 N–H and O–H groups in total. The minimum atomic E-state index is -1.84. The van der Waals surface area contributed by atoms with Gasteiger partial charge in [0.15, 0.2) is 6.04 Å². The van der Waals surface area contributed by atoms with Gasteiger partial charge in [0.05, 0.1) is 31.9 Å². The molecule has 10 amide bonds. The van der Waals surface area contributed by atoms with Crippen LogP contribution in [0.1, 0.15) is 105 Å². The highest BCUT2D eigenvalue weighted by molar-refractivity contribution is 5.98. The van der Waals surface area contributed by atoms with Crippen LogP contribution >= 0.6 is 0 Å². The highest BCUT2D eigenvalue weighted by Gasteiger charge is 2.37. The van der Waals surface area contributed by atoms with Gasteiger partial charge in [0, 0.05) is 6.42 Å². The largest absolute Gasteiger partial charge is 0.480 e. The molecule has 0 aliphatic carbocycles. The lowest BCUT2D eigenvalue weighted by Gasteiger charge is -2.29. The van der Waals surface area contributed by atoms with Gasteiger partial charge < -0.3 is 114 Å². The van der Waals surface area contributed by atoms with Gasteiger partial charge in [-0.05, 0) is 111 Å². The lowest BCUT2D eigenvalue weighted by atomic mass is 10.0. The second-order valence-electron chi connectivity index (χ2n) is 19.4. The van der Waals surface area contributed by atoms with Gasteiger partial charge in [0.2, 0.25) is 53.2 Å². The average molecular weight is 1150 g/mol. The third kappa shape index (κ3) is 30.3. The zero-order valence-corrected chi connectivity index (χ0v) is 46.4. The first-order valence-corrected chi connectivity index (χ1v) is 26.6. The smallest absolute Gasteiger partial charge is 0.328 e. The van der Waals surface area contributed by atoms with E-state index in [1.54, 1.807) is 0 Å². The van der Waals surface area contributed by atoms with Gasteiger partial charge in [-0.2, -0.15) is 0 Å². The third-order valence-corrected chi connectivity index (χ3v) is 12.1. The van der Waals surface area contributed by atoms with Crippen LogP contribution < -0.4 is 104 Å². The number of aliphatic hydroxyl groups excluding tert-OH is 3. The van der Waals surface area contributed by atoms with E-state index >= 15 is 0 Å². The third-order valence-electron chi connectivity index (χ3n) is 12.1. The van der Waals surface area contributed by atoms with Crippen molar-refractivity contribution < 1.29 is 90.4 Å². The summed E-state index contributed by atoms with van der Waals surface area (Å²) in [4.78, 5) is 146. The Morgan fingerprint density at radius 2 is 0.762 bits per heavy atom. The van der Waals surface area contributed by atoms with Crippen LogP contribution in [0.4, 0.5) is 0 Å². The number of hydrogen-bond donors (Lipinski definition) is 23. The molecule has 0 saturated carbocycles. The summed E-state index contributed by atoms with van der Waals surface area (Å²) in [6, 6.07) is -14.5. The predicted octanol–water partition coefficient (Wildman–Crippen LogP) is -12.9. The molecule has 0 bridgehead atoms. The molecule has 0 aliphatic heterocycles. The van der Waals surface area contributed by atoms with Crippen LogP contribution in [0, 0.1) is 0 Å². The number of hydrogen-bond acceptors (Lipinski definition) is 20. The summed E-state index contributed by atoms with van der Waals surface area (Å²) in [5, 5.41) is 67.5. The highest BCUT2D eigenvalue weighted by atomic mass is 16.4. The topological polar surface area (TPSA) is 614 Å². The van der Waals surface area contributed by atoms with E-state index in [0.29, 0.717) is 38.8 Å². The Morgan fingerprint density at radius 3 is 1.10 bits per heavy atom. The molecule has 0 fully saturated rings. The number of carboxylic acids is 1. The fourth-order valence-electron chi connectivity index (χ4n) is 7.39. The van der Waals surface area contributed by atoms with Crippen molar-refractivity contribution in [2.45, 2.75) is 190 Å². The summed E-state index contributed by atoms with van der Waals surface area (Å²) in [5.41, 5.74) is 38.7. The van der Waals surface area contributed by atoms with E-state index in [1.165, 1.54) is 20.8 Å². The molecule has 80 heavy (non-hydrogen) atoms. The maximum Gasteiger partial charge on any atom is 0.328 e. The first kappa shape index (κ1) is 73.7. The Balaban J connectivity index is 6.60. The summed E-state index contributed by atoms with van der Waals surface area (Å²) in [6.07, 6.45) is -3.97. The summed E-state index contributed by atoms with van der Waals surface area (Å²) in [5.74, 6) is -11.0. The van der Waals surface area contributed by atoms with E-state index < -0.39 is 170 Å². The van der Waals surface area contributed by atoms with E-state index in [2.05, 4.69) is 75.7 Å². The maximum absolute atomic E-state index is 14.1. The van der Waals surface area contributed by atoms with E-state index in [0.717, 1.165) is 6.92 Å². The van der Waals surface area contributed by atoms with Crippen LogP contribution in [0.15, 0.2) is 0 Å². The standard InChI is InChI=1S/C46H91N19O15/c1-22(49)35(70)58-29(14-10-20-56-46(53)54)40(75)65-34(25(4)68)43(78)62-27(12-6-8-18-48)37(72)61-30(15-16-32(50)69)41(76)64-33(24(3)67)42(77)57-23(2)36(71)59-28(13-9-19-55-45(51)52)38(73)60-26(11-5-7-17-47)39(74)63-31(21-66)44(79)80/h22-31,33-34,45-46,55-56,66-68H,5-21,47-49,51-54H2,1-4H3,(H2,50,69)(H,57,77)(H,58,70)(H,59,71)(H,60,73)(H,61,72)(H,62,78)(H,63,74)(H,64,76)(H,65,75)(H,79,80)/p+3/t22-,23-,24+,25+,26-,27-,28-,29-,30-,31-,33-,34-/m0/s1. The lowest BCUT2D eigenvalue weighted by Crippen LogP contribution is -2.68. The van der Waals surface area contributed by atoms with Gasteiger partial charge in [-0.15, -0.1) is 0 Å². The average Bonchev–Trinajstić information content (AvgIpc) is 3.37. The van der Waals surface area contributed by atoms with E-state index in [1.807, 2.05) is 0 Å². The van der Waals surface area contributed by atoms with Gasteiger partial charge in [-0.25, -0.2) is 4.79 Å². The minimum absolute atomic E-state index is 0.0226. The Kier molecular flexibility index (Phi) is 36.8. The van der Waals surface area contributed by atoms with Crippen molar-refractivity contribution in [3.8, 4) is 0 Å². The molecule has 0 radical (unpaired) electrons. The van der Waals surface area contributed by atoms with Crippen molar-refractivity contribution in [3.63, 3.8) is 0 Å². The molecule has 0 rings (SSSR count). The van der Waals surface area contributed by atoms with Crippen LogP contribution in [0.2, 0.25) is 0 Å². The highest BCUT2D eigenvalue weighted by Crippen LogP contribution is 2.10. The first-order valence-electron chi connectivity index (χ1n) is 26.6. The van der Waals surface area contributed by atoms with Crippen LogP contribution in [0.3, 0.4) is 0 Å². The number of amides is 10. The molecule has 0 aromatic carbocycles. The molecule has 34 nitrogen and oxygen atoms in total. The number of nitrogens with two attached hydrogens (primary N) is 5. The van der Waals surface area contributed by atoms with Crippen molar-refractivity contribution in [2.75, 3.05) is 32.8 Å². The molecule has 0 aromatic rings. The van der Waals surface area contributed by atoms with Crippen LogP contribution in [-0.2, 0) is 52.7 Å². The fourth-order valence-corrected chi connectivity index (χ4v) is 7.39. The summed E-state index contributed by atoms with van der Waals surface area (Å²) in [7, 11) is 0. The number of nitrogens with one attached hydrogen (secondary N) is 11. The number of rotatable bonds is 43. The first-order chi connectivity index (χ1) is 37.5. The molecule has 0 heterocycles. The zero-order valence-electron chi connectivity index (χ0n) is 46.4. The SMILES string of the molecule is C[C@H]([NH3+])C(=O)N[C@@H](CCCNC(N)N)C(=O)N[C@H](C(=O)N[C@@H](CCCC[NH3+])C(=O)N[C@@H](CCC(N)=O)C(=O)N[C@H](C(=O)N[C@@H](C)C(=O)N[C@@H](CCCNC(N)N)C(=O)N[C@@H](CCCC[NH3+])C(=O)N[C@@H](CO)C(=O)O)[C@@H](C)O)[C@@H](C)O. The van der Waals surface area contributed by atoms with Crippen molar-refractivity contribution in [1.82, 2.24) is 58.5 Å². The van der Waals surface area contributed by atoms with Gasteiger partial charge in [0.25, 0.3) is 5.91 Å². The Morgan fingerprint density at radius 1 is 0.438 bits per heavy atom. The van der Waals surface area contributed by atoms with Crippen molar-refractivity contribution in [2.24, 2.45) is 28.7 Å². The Labute approximate surface area is 464 Å². The molecule has 0 unspecified atom stereocenters. The number of quaternary nitrogens is 3. The van der Waals surface area contributed by atoms with Crippen molar-refractivity contribution >= 4 is 65.0 Å². The molecule has 0 aromatic heterocycles. The molecule has 12 atom stereocenters. The van der Waals surface area contributed by atoms with Crippen LogP contribution in [-0.4, -0.2) is 203 Å². The second kappa shape index (κ2) is 40.0. The van der Waals surface area contributed by atoms with Gasteiger partial charge >= 0.3 is 5.97 Å². The summed E-state index contributed by atoms with van der Waals surface area (Å²) < 4.78 is 0. The van der Waals surface area contributed by atoms with Gasteiger partial charge in [0.1, 0.15) is 67.0 Å². The van der Waals surface area contributed by atoms with Gasteiger partial charge in [-0.3, -0.25) is 58.6 Å². The molecular weight excluding hydrogens is 1060 g/mol. The fraction of sp³-hybridized carbons (Fsp3) is 0.761. The second-order valence-corrected chi connectivity index (χ2v) is 19.4. The number of aliphatic hydroxyl groups is 3. The number of carbonyl (C=O) groups is 11. The normalized spacial score (nSPS) is 15.8. The molecular formula is C46H94N19O15+3.